The molecule has 1 spiro atoms. The molecule has 1 aromatic carbocycles. The SMILES string of the molecule is COCCC(=O)N[C@H]1C(C)(C)[C@@H]2C[C@@H]3[C@@H](c4ccccc4F)OCC[C@@]31C2. The van der Waals surface area contributed by atoms with E-state index in [4.69, 9.17) is 9.47 Å². The Hall–Kier alpha value is -1.46. The number of ether oxygens (including phenoxy) is 2. The van der Waals surface area contributed by atoms with Crippen molar-refractivity contribution in [2.24, 2.45) is 22.7 Å². The van der Waals surface area contributed by atoms with Crippen LogP contribution in [0, 0.1) is 28.5 Å². The number of halogens is 1. The highest BCUT2D eigenvalue weighted by atomic mass is 19.1. The number of carbonyl (C=O) groups excluding carboxylic acids is 1. The first-order valence-corrected chi connectivity index (χ1v) is 10.0. The molecule has 2 aliphatic carbocycles. The highest BCUT2D eigenvalue weighted by Gasteiger charge is 2.68. The number of fused-ring (bicyclic) bond motifs is 1. The van der Waals surface area contributed by atoms with Crippen LogP contribution >= 0.6 is 0 Å². The fourth-order valence-corrected chi connectivity index (χ4v) is 6.23. The summed E-state index contributed by atoms with van der Waals surface area (Å²) >= 11 is 0. The number of methoxy groups -OCH3 is 1. The Balaban J connectivity index is 1.64. The topological polar surface area (TPSA) is 47.6 Å². The number of nitrogens with one attached hydrogen (secondary N) is 1. The van der Waals surface area contributed by atoms with Gasteiger partial charge in [0.1, 0.15) is 5.82 Å². The van der Waals surface area contributed by atoms with Crippen molar-refractivity contribution in [2.45, 2.75) is 51.7 Å². The van der Waals surface area contributed by atoms with E-state index in [1.807, 2.05) is 12.1 Å². The minimum Gasteiger partial charge on any atom is -0.384 e. The number of amides is 1. The third kappa shape index (κ3) is 2.90. The summed E-state index contributed by atoms with van der Waals surface area (Å²) in [6.07, 6.45) is 3.21. The van der Waals surface area contributed by atoms with Gasteiger partial charge in [-0.05, 0) is 48.0 Å². The van der Waals surface area contributed by atoms with Crippen molar-refractivity contribution in [2.75, 3.05) is 20.3 Å². The number of carbonyl (C=O) groups is 1. The van der Waals surface area contributed by atoms with Crippen molar-refractivity contribution < 1.29 is 18.7 Å². The van der Waals surface area contributed by atoms with E-state index in [0.29, 0.717) is 31.1 Å². The van der Waals surface area contributed by atoms with Crippen LogP contribution < -0.4 is 5.32 Å². The molecule has 3 aliphatic rings. The summed E-state index contributed by atoms with van der Waals surface area (Å²) in [5, 5.41) is 3.34. The summed E-state index contributed by atoms with van der Waals surface area (Å²) < 4.78 is 25.7. The first-order valence-electron chi connectivity index (χ1n) is 10.0. The summed E-state index contributed by atoms with van der Waals surface area (Å²) in [5.41, 5.74) is 0.690. The van der Waals surface area contributed by atoms with Crippen LogP contribution in [-0.2, 0) is 14.3 Å². The van der Waals surface area contributed by atoms with E-state index in [2.05, 4.69) is 19.2 Å². The maximum atomic E-state index is 14.5. The number of benzene rings is 1. The fraction of sp³-hybridized carbons (Fsp3) is 0.682. The van der Waals surface area contributed by atoms with Crippen molar-refractivity contribution in [1.29, 1.82) is 0 Å². The molecule has 3 fully saturated rings. The number of hydrogen-bond acceptors (Lipinski definition) is 3. The van der Waals surface area contributed by atoms with E-state index in [0.717, 1.165) is 19.3 Å². The molecule has 5 heteroatoms. The summed E-state index contributed by atoms with van der Waals surface area (Å²) in [6.45, 7) is 5.59. The summed E-state index contributed by atoms with van der Waals surface area (Å²) in [6, 6.07) is 7.06. The van der Waals surface area contributed by atoms with Crippen LogP contribution in [0.5, 0.6) is 0 Å². The fourth-order valence-electron chi connectivity index (χ4n) is 6.23. The highest BCUT2D eigenvalue weighted by molar-refractivity contribution is 5.76. The van der Waals surface area contributed by atoms with E-state index in [1.165, 1.54) is 6.07 Å². The summed E-state index contributed by atoms with van der Waals surface area (Å²) in [7, 11) is 1.61. The molecular formula is C22H30FNO3. The van der Waals surface area contributed by atoms with Gasteiger partial charge in [0.2, 0.25) is 5.91 Å². The smallest absolute Gasteiger partial charge is 0.222 e. The lowest BCUT2D eigenvalue weighted by Crippen LogP contribution is -2.59. The van der Waals surface area contributed by atoms with Gasteiger partial charge in [-0.15, -0.1) is 0 Å². The first-order chi connectivity index (χ1) is 12.9. The van der Waals surface area contributed by atoms with E-state index >= 15 is 0 Å². The van der Waals surface area contributed by atoms with Gasteiger partial charge in [-0.3, -0.25) is 4.79 Å². The molecule has 0 aromatic heterocycles. The molecule has 1 N–H and O–H groups in total. The third-order valence-corrected chi connectivity index (χ3v) is 7.56. The van der Waals surface area contributed by atoms with E-state index in [9.17, 15) is 9.18 Å². The van der Waals surface area contributed by atoms with Crippen molar-refractivity contribution in [3.05, 3.63) is 35.6 Å². The Kier molecular flexibility index (Phi) is 4.79. The van der Waals surface area contributed by atoms with Gasteiger partial charge >= 0.3 is 0 Å². The van der Waals surface area contributed by atoms with E-state index in [-0.39, 0.29) is 40.6 Å². The average molecular weight is 375 g/mol. The van der Waals surface area contributed by atoms with Gasteiger partial charge in [0.05, 0.1) is 12.7 Å². The second-order valence-electron chi connectivity index (χ2n) is 9.10. The minimum atomic E-state index is -0.223. The minimum absolute atomic E-state index is 0.0118. The Bertz CT molecular complexity index is 721. The molecular weight excluding hydrogens is 345 g/mol. The van der Waals surface area contributed by atoms with E-state index in [1.54, 1.807) is 13.2 Å². The molecule has 0 radical (unpaired) electrons. The largest absolute Gasteiger partial charge is 0.384 e. The van der Waals surface area contributed by atoms with Crippen molar-refractivity contribution in [3.63, 3.8) is 0 Å². The normalized spacial score (nSPS) is 36.4. The molecule has 1 saturated heterocycles. The second kappa shape index (κ2) is 6.85. The quantitative estimate of drug-likeness (QED) is 0.850. The standard InChI is InChI=1S/C22H30FNO3/c1-21(2)14-12-16-19(15-6-4-5-7-17(15)23)27-11-9-22(16,13-14)20(21)24-18(25)8-10-26-3/h4-7,14,16,19-20H,8-13H2,1-3H3,(H,24,25)/t14-,16-,19-,20+,22-/m1/s1. The van der Waals surface area contributed by atoms with Gasteiger partial charge < -0.3 is 14.8 Å². The van der Waals surface area contributed by atoms with Crippen molar-refractivity contribution >= 4 is 5.91 Å². The Labute approximate surface area is 160 Å². The highest BCUT2D eigenvalue weighted by Crippen LogP contribution is 2.70. The summed E-state index contributed by atoms with van der Waals surface area (Å²) in [5.74, 6) is 0.617. The van der Waals surface area contributed by atoms with Crippen LogP contribution in [0.1, 0.15) is 51.2 Å². The summed E-state index contributed by atoms with van der Waals surface area (Å²) in [4.78, 5) is 12.5. The van der Waals surface area contributed by atoms with Gasteiger partial charge in [0, 0.05) is 31.7 Å². The molecule has 27 heavy (non-hydrogen) atoms. The molecule has 1 aliphatic heterocycles. The van der Waals surface area contributed by atoms with Crippen molar-refractivity contribution in [3.8, 4) is 0 Å². The molecule has 148 valence electrons. The number of hydrogen-bond donors (Lipinski definition) is 1. The zero-order valence-electron chi connectivity index (χ0n) is 16.5. The predicted octanol–water partition coefficient (Wildman–Crippen LogP) is 3.86. The lowest BCUT2D eigenvalue weighted by molar-refractivity contribution is -0.138. The maximum Gasteiger partial charge on any atom is 0.222 e. The molecule has 1 heterocycles. The van der Waals surface area contributed by atoms with Crippen LogP contribution in [0.15, 0.2) is 24.3 Å². The monoisotopic (exact) mass is 375 g/mol. The lowest BCUT2D eigenvalue weighted by Gasteiger charge is -2.53. The lowest BCUT2D eigenvalue weighted by atomic mass is 9.58. The van der Waals surface area contributed by atoms with Gasteiger partial charge in [0.25, 0.3) is 0 Å². The van der Waals surface area contributed by atoms with Crippen LogP contribution in [0.25, 0.3) is 0 Å². The molecule has 4 rings (SSSR count). The van der Waals surface area contributed by atoms with Gasteiger partial charge in [-0.25, -0.2) is 4.39 Å². The first kappa shape index (κ1) is 18.9. The Morgan fingerprint density at radius 2 is 2.15 bits per heavy atom. The van der Waals surface area contributed by atoms with Gasteiger partial charge in [-0.2, -0.15) is 0 Å². The van der Waals surface area contributed by atoms with E-state index < -0.39 is 0 Å². The predicted molar refractivity (Wildman–Crippen MR) is 101 cm³/mol. The molecule has 1 amide bonds. The Morgan fingerprint density at radius 3 is 2.89 bits per heavy atom. The van der Waals surface area contributed by atoms with Crippen LogP contribution in [0.2, 0.25) is 0 Å². The van der Waals surface area contributed by atoms with Gasteiger partial charge in [-0.1, -0.05) is 32.0 Å². The van der Waals surface area contributed by atoms with Crippen molar-refractivity contribution in [1.82, 2.24) is 5.32 Å². The second-order valence-corrected chi connectivity index (χ2v) is 9.10. The zero-order valence-corrected chi connectivity index (χ0v) is 16.5. The van der Waals surface area contributed by atoms with Crippen LogP contribution in [0.4, 0.5) is 4.39 Å². The molecule has 5 atom stereocenters. The maximum absolute atomic E-state index is 14.5. The molecule has 4 nitrogen and oxygen atoms in total. The third-order valence-electron chi connectivity index (χ3n) is 7.56. The van der Waals surface area contributed by atoms with Gasteiger partial charge in [0.15, 0.2) is 0 Å². The molecule has 2 bridgehead atoms. The van der Waals surface area contributed by atoms with Crippen LogP contribution in [0.3, 0.4) is 0 Å². The number of rotatable bonds is 5. The van der Waals surface area contributed by atoms with Crippen LogP contribution in [-0.4, -0.2) is 32.3 Å². The molecule has 1 aromatic rings. The zero-order chi connectivity index (χ0) is 19.2. The Morgan fingerprint density at radius 1 is 1.37 bits per heavy atom. The molecule has 2 saturated carbocycles. The average Bonchev–Trinajstić information content (AvgIpc) is 3.13. The molecule has 0 unspecified atom stereocenters.